The largest absolute Gasteiger partial charge is 0.462 e. The Kier molecular flexibility index (Phi) is 8.33. The van der Waals surface area contributed by atoms with Crippen LogP contribution in [0.4, 0.5) is 9.39 Å². The van der Waals surface area contributed by atoms with E-state index in [9.17, 15) is 22.4 Å². The molecule has 0 aliphatic heterocycles. The van der Waals surface area contributed by atoms with Crippen molar-refractivity contribution in [3.8, 4) is 0 Å². The minimum absolute atomic E-state index is 0.171. The lowest BCUT2D eigenvalue weighted by Gasteiger charge is -2.19. The molecule has 0 saturated heterocycles. The van der Waals surface area contributed by atoms with E-state index in [1.165, 1.54) is 15.6 Å². The van der Waals surface area contributed by atoms with Crippen molar-refractivity contribution in [2.24, 2.45) is 0 Å². The zero-order valence-corrected chi connectivity index (χ0v) is 19.9. The summed E-state index contributed by atoms with van der Waals surface area (Å²) in [6.07, 6.45) is 0.554. The quantitative estimate of drug-likeness (QED) is 0.554. The van der Waals surface area contributed by atoms with Gasteiger partial charge in [-0.3, -0.25) is 4.79 Å². The smallest absolute Gasteiger partial charge is 0.341 e. The lowest BCUT2D eigenvalue weighted by molar-refractivity contribution is 0.0527. The molecule has 0 spiro atoms. The first kappa shape index (κ1) is 25.0. The first-order chi connectivity index (χ1) is 14.6. The summed E-state index contributed by atoms with van der Waals surface area (Å²) in [5, 5.41) is 2.81. The molecule has 170 valence electrons. The maximum atomic E-state index is 14.4. The van der Waals surface area contributed by atoms with Crippen LogP contribution >= 0.6 is 11.3 Å². The molecular weight excluding hydrogens is 443 g/mol. The summed E-state index contributed by atoms with van der Waals surface area (Å²) in [6.45, 7) is 9.43. The van der Waals surface area contributed by atoms with Gasteiger partial charge in [-0.2, -0.15) is 4.31 Å². The first-order valence-corrected chi connectivity index (χ1v) is 12.3. The van der Waals surface area contributed by atoms with Crippen LogP contribution in [0.5, 0.6) is 0 Å². The fourth-order valence-corrected chi connectivity index (χ4v) is 5.85. The number of halogens is 1. The Morgan fingerprint density at radius 3 is 2.35 bits per heavy atom. The Morgan fingerprint density at radius 1 is 1.16 bits per heavy atom. The number of hydrogen-bond donors (Lipinski definition) is 1. The molecule has 0 atom stereocenters. The van der Waals surface area contributed by atoms with Gasteiger partial charge in [0.1, 0.15) is 10.8 Å². The third kappa shape index (κ3) is 5.13. The Bertz CT molecular complexity index is 1080. The van der Waals surface area contributed by atoms with E-state index >= 15 is 0 Å². The maximum absolute atomic E-state index is 14.4. The number of sulfonamides is 1. The average Bonchev–Trinajstić information content (AvgIpc) is 3.03. The molecule has 1 heterocycles. The molecule has 1 aromatic heterocycles. The summed E-state index contributed by atoms with van der Waals surface area (Å²) < 4.78 is 46.3. The number of carbonyl (C=O) groups is 2. The SMILES string of the molecule is CCOC(=O)c1c(NC(=O)c2cc(S(=O)(=O)N(CC)CC)ccc2F)sc(C)c1CC. The summed E-state index contributed by atoms with van der Waals surface area (Å²) in [6, 6.07) is 3.10. The second-order valence-corrected chi connectivity index (χ2v) is 9.76. The van der Waals surface area contributed by atoms with Crippen LogP contribution in [0.2, 0.25) is 0 Å². The molecule has 0 bridgehead atoms. The van der Waals surface area contributed by atoms with Gasteiger partial charge in [-0.1, -0.05) is 20.8 Å². The third-order valence-corrected chi connectivity index (χ3v) is 7.90. The van der Waals surface area contributed by atoms with Crippen molar-refractivity contribution in [2.45, 2.75) is 45.9 Å². The van der Waals surface area contributed by atoms with Gasteiger partial charge in [-0.15, -0.1) is 11.3 Å². The van der Waals surface area contributed by atoms with Gasteiger partial charge in [0, 0.05) is 18.0 Å². The van der Waals surface area contributed by atoms with Crippen LogP contribution in [-0.4, -0.2) is 44.3 Å². The van der Waals surface area contributed by atoms with Gasteiger partial charge in [-0.05, 0) is 44.0 Å². The number of ether oxygens (including phenoxy) is 1. The molecule has 0 fully saturated rings. The van der Waals surface area contributed by atoms with Crippen LogP contribution < -0.4 is 5.32 Å². The molecule has 1 N–H and O–H groups in total. The predicted molar refractivity (Wildman–Crippen MR) is 119 cm³/mol. The molecule has 0 radical (unpaired) electrons. The molecule has 2 aromatic rings. The van der Waals surface area contributed by atoms with E-state index in [0.29, 0.717) is 6.42 Å². The molecule has 1 aromatic carbocycles. The molecule has 31 heavy (non-hydrogen) atoms. The van der Waals surface area contributed by atoms with Crippen molar-refractivity contribution in [1.82, 2.24) is 4.31 Å². The maximum Gasteiger partial charge on any atom is 0.341 e. The molecule has 1 amide bonds. The predicted octanol–water partition coefficient (Wildman–Crippen LogP) is 4.22. The molecule has 7 nitrogen and oxygen atoms in total. The van der Waals surface area contributed by atoms with Crippen molar-refractivity contribution in [3.63, 3.8) is 0 Å². The number of nitrogens with one attached hydrogen (secondary N) is 1. The van der Waals surface area contributed by atoms with Gasteiger partial charge in [-0.25, -0.2) is 17.6 Å². The van der Waals surface area contributed by atoms with Crippen LogP contribution in [0.3, 0.4) is 0 Å². The van der Waals surface area contributed by atoms with Crippen molar-refractivity contribution >= 4 is 38.2 Å². The fraction of sp³-hybridized carbons (Fsp3) is 0.429. The second kappa shape index (κ2) is 10.3. The van der Waals surface area contributed by atoms with Gasteiger partial charge in [0.15, 0.2) is 0 Å². The number of esters is 1. The zero-order valence-electron chi connectivity index (χ0n) is 18.2. The molecule has 0 saturated carbocycles. The minimum Gasteiger partial charge on any atom is -0.462 e. The summed E-state index contributed by atoms with van der Waals surface area (Å²) in [5.41, 5.74) is 0.566. The number of rotatable bonds is 9. The third-order valence-electron chi connectivity index (χ3n) is 4.79. The highest BCUT2D eigenvalue weighted by molar-refractivity contribution is 7.89. The first-order valence-electron chi connectivity index (χ1n) is 10.0. The van der Waals surface area contributed by atoms with Gasteiger partial charge in [0.25, 0.3) is 5.91 Å². The number of amides is 1. The van der Waals surface area contributed by atoms with Crippen molar-refractivity contribution in [1.29, 1.82) is 0 Å². The Balaban J connectivity index is 2.47. The summed E-state index contributed by atoms with van der Waals surface area (Å²) in [4.78, 5) is 26.0. The zero-order chi connectivity index (χ0) is 23.3. The van der Waals surface area contributed by atoms with Gasteiger partial charge < -0.3 is 10.1 Å². The second-order valence-electron chi connectivity index (χ2n) is 6.60. The molecule has 0 unspecified atom stereocenters. The number of benzene rings is 1. The Morgan fingerprint density at radius 2 is 1.81 bits per heavy atom. The lowest BCUT2D eigenvalue weighted by Crippen LogP contribution is -2.31. The molecule has 2 rings (SSSR count). The topological polar surface area (TPSA) is 92.8 Å². The number of anilines is 1. The summed E-state index contributed by atoms with van der Waals surface area (Å²) >= 11 is 1.19. The fourth-order valence-electron chi connectivity index (χ4n) is 3.23. The van der Waals surface area contributed by atoms with E-state index in [1.54, 1.807) is 20.8 Å². The van der Waals surface area contributed by atoms with Crippen LogP contribution in [0.15, 0.2) is 23.1 Å². The van der Waals surface area contributed by atoms with E-state index in [4.69, 9.17) is 4.74 Å². The lowest BCUT2D eigenvalue weighted by atomic mass is 10.1. The summed E-state index contributed by atoms with van der Waals surface area (Å²) in [7, 11) is -3.87. The van der Waals surface area contributed by atoms with E-state index < -0.39 is 33.3 Å². The van der Waals surface area contributed by atoms with Gasteiger partial charge in [0.2, 0.25) is 10.0 Å². The molecular formula is C21H27FN2O5S2. The normalized spacial score (nSPS) is 11.6. The van der Waals surface area contributed by atoms with Crippen LogP contribution in [0.1, 0.15) is 58.9 Å². The number of nitrogens with zero attached hydrogens (tertiary/aromatic N) is 1. The molecule has 0 aliphatic rings. The number of thiophene rings is 1. The molecule has 0 aliphatic carbocycles. The van der Waals surface area contributed by atoms with Crippen LogP contribution in [-0.2, 0) is 21.2 Å². The number of hydrogen-bond acceptors (Lipinski definition) is 6. The van der Waals surface area contributed by atoms with Crippen molar-refractivity contribution in [2.75, 3.05) is 25.0 Å². The van der Waals surface area contributed by atoms with Gasteiger partial charge in [0.05, 0.1) is 22.6 Å². The standard InChI is InChI=1S/C21H27FN2O5S2/c1-6-15-13(5)30-20(18(15)21(26)29-9-4)23-19(25)16-12-14(10-11-17(16)22)31(27,28)24(7-2)8-3/h10-12H,6-9H2,1-5H3,(H,23,25). The van der Waals surface area contributed by atoms with Crippen LogP contribution in [0, 0.1) is 12.7 Å². The number of carbonyl (C=O) groups excluding carboxylic acids is 2. The van der Waals surface area contributed by atoms with E-state index in [1.807, 2.05) is 13.8 Å². The van der Waals surface area contributed by atoms with E-state index in [-0.39, 0.29) is 35.2 Å². The highest BCUT2D eigenvalue weighted by atomic mass is 32.2. The van der Waals surface area contributed by atoms with Crippen molar-refractivity contribution in [3.05, 3.63) is 45.6 Å². The monoisotopic (exact) mass is 470 g/mol. The van der Waals surface area contributed by atoms with E-state index in [2.05, 4.69) is 5.32 Å². The molecule has 10 heteroatoms. The summed E-state index contributed by atoms with van der Waals surface area (Å²) in [5.74, 6) is -2.28. The highest BCUT2D eigenvalue weighted by Gasteiger charge is 2.27. The van der Waals surface area contributed by atoms with Crippen molar-refractivity contribution < 1.29 is 27.1 Å². The highest BCUT2D eigenvalue weighted by Crippen LogP contribution is 2.34. The average molecular weight is 471 g/mol. The Hall–Kier alpha value is -2.30. The van der Waals surface area contributed by atoms with Gasteiger partial charge >= 0.3 is 5.97 Å². The van der Waals surface area contributed by atoms with Crippen LogP contribution in [0.25, 0.3) is 0 Å². The number of aryl methyl sites for hydroxylation is 1. The minimum atomic E-state index is -3.87. The Labute approximate surface area is 186 Å². The van der Waals surface area contributed by atoms with E-state index in [0.717, 1.165) is 28.6 Å².